The van der Waals surface area contributed by atoms with Crippen molar-refractivity contribution in [1.29, 1.82) is 0 Å². The van der Waals surface area contributed by atoms with Crippen LogP contribution in [0.5, 0.6) is 0 Å². The first kappa shape index (κ1) is 24.1. The zero-order valence-electron chi connectivity index (χ0n) is 12.1. The lowest BCUT2D eigenvalue weighted by atomic mass is 9.91. The Kier molecular flexibility index (Phi) is 6.40. The summed E-state index contributed by atoms with van der Waals surface area (Å²) in [4.78, 5) is 0. The van der Waals surface area contributed by atoms with Crippen molar-refractivity contribution in [3.8, 4) is 0 Å². The molecular weight excluding hydrogens is 395 g/mol. The second kappa shape index (κ2) is 6.65. The molecule has 14 heteroatoms. The van der Waals surface area contributed by atoms with Gasteiger partial charge in [0.2, 0.25) is 0 Å². The minimum Gasteiger partial charge on any atom is -0.393 e. The Morgan fingerprint density at radius 1 is 0.640 bits per heavy atom. The van der Waals surface area contributed by atoms with Crippen molar-refractivity contribution >= 4 is 0 Å². The Labute approximate surface area is 131 Å². The fraction of sp³-hybridized carbons (Fsp3) is 1.00. The number of halogens is 13. The molecule has 25 heavy (non-hydrogen) atoms. The van der Waals surface area contributed by atoms with Gasteiger partial charge < -0.3 is 5.11 Å². The third-order valence-electron chi connectivity index (χ3n) is 3.11. The predicted molar refractivity (Wildman–Crippen MR) is 56.3 cm³/mol. The third kappa shape index (κ3) is 3.92. The van der Waals surface area contributed by atoms with Gasteiger partial charge in [-0.05, 0) is 19.8 Å². The smallest absolute Gasteiger partial charge is 0.393 e. The normalized spacial score (nSPS) is 16.9. The third-order valence-corrected chi connectivity index (χ3v) is 3.11. The summed E-state index contributed by atoms with van der Waals surface area (Å²) < 4.78 is 165. The van der Waals surface area contributed by atoms with Crippen LogP contribution in [0.25, 0.3) is 0 Å². The van der Waals surface area contributed by atoms with Crippen LogP contribution in [0.2, 0.25) is 0 Å². The zero-order chi connectivity index (χ0) is 20.7. The van der Waals surface area contributed by atoms with E-state index in [0.717, 1.165) is 6.92 Å². The molecule has 0 saturated heterocycles. The van der Waals surface area contributed by atoms with E-state index in [4.69, 9.17) is 5.11 Å². The van der Waals surface area contributed by atoms with Crippen LogP contribution in [-0.4, -0.2) is 47.0 Å². The highest BCUT2D eigenvalue weighted by molar-refractivity contribution is 5.10. The van der Waals surface area contributed by atoms with Crippen molar-refractivity contribution in [2.75, 3.05) is 0 Å². The molecular formula is C11H11F13O. The quantitative estimate of drug-likeness (QED) is 0.545. The second-order valence-corrected chi connectivity index (χ2v) is 5.24. The van der Waals surface area contributed by atoms with Crippen LogP contribution in [0.4, 0.5) is 57.1 Å². The molecule has 1 N–H and O–H groups in total. The molecule has 0 radical (unpaired) electrons. The van der Waals surface area contributed by atoms with Crippen LogP contribution in [-0.2, 0) is 0 Å². The number of alkyl halides is 13. The average molecular weight is 406 g/mol. The predicted octanol–water partition coefficient (Wildman–Crippen LogP) is 5.28. The van der Waals surface area contributed by atoms with E-state index in [-0.39, 0.29) is 0 Å². The summed E-state index contributed by atoms with van der Waals surface area (Å²) in [5.74, 6) is -36.6. The van der Waals surface area contributed by atoms with Crippen molar-refractivity contribution < 1.29 is 62.2 Å². The van der Waals surface area contributed by atoms with Crippen LogP contribution in [0, 0.1) is 0 Å². The maximum atomic E-state index is 13.2. The minimum atomic E-state index is -7.87. The second-order valence-electron chi connectivity index (χ2n) is 5.24. The molecule has 0 aromatic rings. The van der Waals surface area contributed by atoms with Gasteiger partial charge in [-0.1, -0.05) is 0 Å². The fourth-order valence-electron chi connectivity index (χ4n) is 1.58. The van der Waals surface area contributed by atoms with E-state index in [0.29, 0.717) is 0 Å². The summed E-state index contributed by atoms with van der Waals surface area (Å²) in [5, 5.41) is 8.71. The molecule has 1 nitrogen and oxygen atoms in total. The molecule has 0 fully saturated rings. The molecule has 0 aliphatic rings. The number of aliphatic hydroxyl groups is 1. The lowest BCUT2D eigenvalue weighted by Gasteiger charge is -2.39. The molecule has 0 saturated carbocycles. The number of hydrogen-bond donors (Lipinski definition) is 1. The van der Waals surface area contributed by atoms with Crippen molar-refractivity contribution in [3.05, 3.63) is 0 Å². The van der Waals surface area contributed by atoms with Crippen molar-refractivity contribution in [2.24, 2.45) is 0 Å². The Hall–Kier alpha value is -0.950. The maximum absolute atomic E-state index is 13.2. The van der Waals surface area contributed by atoms with Crippen molar-refractivity contribution in [1.82, 2.24) is 0 Å². The number of hydrogen-bond acceptors (Lipinski definition) is 1. The first-order valence-electron chi connectivity index (χ1n) is 6.30. The summed E-state index contributed by atoms with van der Waals surface area (Å²) >= 11 is 0. The van der Waals surface area contributed by atoms with E-state index in [1.54, 1.807) is 0 Å². The van der Waals surface area contributed by atoms with Gasteiger partial charge in [0.05, 0.1) is 6.10 Å². The van der Waals surface area contributed by atoms with Crippen LogP contribution in [0.1, 0.15) is 26.2 Å². The Bertz CT molecular complexity index is 451. The van der Waals surface area contributed by atoms with Gasteiger partial charge in [0, 0.05) is 6.42 Å². The fourth-order valence-corrected chi connectivity index (χ4v) is 1.58. The van der Waals surface area contributed by atoms with Gasteiger partial charge in [0.15, 0.2) is 0 Å². The molecule has 0 aliphatic carbocycles. The van der Waals surface area contributed by atoms with Gasteiger partial charge in [0.1, 0.15) is 0 Å². The van der Waals surface area contributed by atoms with E-state index in [2.05, 4.69) is 0 Å². The van der Waals surface area contributed by atoms with E-state index >= 15 is 0 Å². The highest BCUT2D eigenvalue weighted by atomic mass is 19.4. The van der Waals surface area contributed by atoms with E-state index in [9.17, 15) is 57.1 Å². The average Bonchev–Trinajstić information content (AvgIpc) is 2.35. The molecule has 152 valence electrons. The Morgan fingerprint density at radius 3 is 1.32 bits per heavy atom. The van der Waals surface area contributed by atoms with Crippen LogP contribution >= 0.6 is 0 Å². The molecule has 0 aromatic heterocycles. The standard InChI is InChI=1S/C11H11F13O/c1-5(25)3-2-4-6(12,13)7(14,15)8(16,17)9(18,19)10(20,21)11(22,23)24/h5,25H,2-4H2,1H3. The summed E-state index contributed by atoms with van der Waals surface area (Å²) in [6.07, 6.45) is -12.9. The minimum absolute atomic E-state index is 0.674. The maximum Gasteiger partial charge on any atom is 0.460 e. The Morgan fingerprint density at radius 2 is 1.00 bits per heavy atom. The Balaban J connectivity index is 5.86. The lowest BCUT2D eigenvalue weighted by Crippen LogP contribution is -2.70. The summed E-state index contributed by atoms with van der Waals surface area (Å²) in [6, 6.07) is 0. The molecule has 1 unspecified atom stereocenters. The van der Waals surface area contributed by atoms with Gasteiger partial charge in [-0.3, -0.25) is 0 Å². The van der Waals surface area contributed by atoms with E-state index in [1.807, 2.05) is 0 Å². The number of rotatable bonds is 8. The van der Waals surface area contributed by atoms with Gasteiger partial charge in [-0.25, -0.2) is 0 Å². The van der Waals surface area contributed by atoms with Gasteiger partial charge in [-0.2, -0.15) is 57.1 Å². The first-order chi connectivity index (χ1) is 10.7. The number of aliphatic hydroxyl groups excluding tert-OH is 1. The first-order valence-corrected chi connectivity index (χ1v) is 6.30. The highest BCUT2D eigenvalue weighted by Gasteiger charge is 2.90. The van der Waals surface area contributed by atoms with Crippen molar-refractivity contribution in [3.63, 3.8) is 0 Å². The molecule has 0 heterocycles. The largest absolute Gasteiger partial charge is 0.460 e. The van der Waals surface area contributed by atoms with Gasteiger partial charge in [0.25, 0.3) is 0 Å². The molecule has 0 aliphatic heterocycles. The van der Waals surface area contributed by atoms with Gasteiger partial charge in [-0.15, -0.1) is 0 Å². The molecule has 0 aromatic carbocycles. The lowest BCUT2D eigenvalue weighted by molar-refractivity contribution is -0.440. The molecule has 0 amide bonds. The van der Waals surface area contributed by atoms with E-state index in [1.165, 1.54) is 0 Å². The van der Waals surface area contributed by atoms with Crippen molar-refractivity contribution in [2.45, 2.75) is 68.1 Å². The van der Waals surface area contributed by atoms with E-state index < -0.39 is 61.2 Å². The monoisotopic (exact) mass is 406 g/mol. The highest BCUT2D eigenvalue weighted by Crippen LogP contribution is 2.60. The van der Waals surface area contributed by atoms with Crippen LogP contribution in [0.15, 0.2) is 0 Å². The molecule has 0 bridgehead atoms. The molecule has 0 spiro atoms. The summed E-state index contributed by atoms with van der Waals surface area (Å²) in [5.41, 5.74) is 0. The topological polar surface area (TPSA) is 20.2 Å². The van der Waals surface area contributed by atoms with Gasteiger partial charge >= 0.3 is 35.8 Å². The SMILES string of the molecule is CC(O)CCCC(F)(F)C(F)(F)C(F)(F)C(F)(F)C(F)(F)C(F)(F)F. The summed E-state index contributed by atoms with van der Waals surface area (Å²) in [6.45, 7) is 0.975. The zero-order valence-corrected chi connectivity index (χ0v) is 12.1. The molecule has 0 rings (SSSR count). The summed E-state index contributed by atoms with van der Waals surface area (Å²) in [7, 11) is 0. The molecule has 1 atom stereocenters. The van der Waals surface area contributed by atoms with Crippen LogP contribution in [0.3, 0.4) is 0 Å². The van der Waals surface area contributed by atoms with Crippen LogP contribution < -0.4 is 0 Å².